The summed E-state index contributed by atoms with van der Waals surface area (Å²) >= 11 is 3.25. The highest BCUT2D eigenvalue weighted by atomic mass is 79.9. The topological polar surface area (TPSA) is 42.2 Å². The molecule has 0 atom stereocenters. The Bertz CT molecular complexity index is 757. The molecule has 2 aromatic heterocycles. The summed E-state index contributed by atoms with van der Waals surface area (Å²) in [6.45, 7) is 0. The van der Waals surface area contributed by atoms with E-state index in [1.54, 1.807) is 23.0 Å². The van der Waals surface area contributed by atoms with Gasteiger partial charge in [-0.2, -0.15) is 0 Å². The molecule has 0 fully saturated rings. The van der Waals surface area contributed by atoms with E-state index in [-0.39, 0.29) is 5.69 Å². The number of nitrogens with one attached hydrogen (secondary N) is 1. The van der Waals surface area contributed by atoms with Crippen LogP contribution in [0.25, 0.3) is 5.65 Å². The Balaban J connectivity index is 2.10. The molecule has 0 amide bonds. The zero-order valence-electron chi connectivity index (χ0n) is 9.44. The first-order valence-electron chi connectivity index (χ1n) is 5.35. The fourth-order valence-electron chi connectivity index (χ4n) is 1.71. The zero-order valence-corrected chi connectivity index (χ0v) is 11.0. The molecule has 1 aromatic carbocycles. The van der Waals surface area contributed by atoms with Crippen molar-refractivity contribution in [1.29, 1.82) is 0 Å². The second-order valence-corrected chi connectivity index (χ2v) is 4.63. The van der Waals surface area contributed by atoms with Gasteiger partial charge in [0.05, 0.1) is 5.69 Å². The highest BCUT2D eigenvalue weighted by Crippen LogP contribution is 2.23. The summed E-state index contributed by atoms with van der Waals surface area (Å²) in [6, 6.07) is 3.18. The predicted octanol–water partition coefficient (Wildman–Crippen LogP) is 3.51. The van der Waals surface area contributed by atoms with E-state index >= 15 is 0 Å². The standard InChI is InChI=1S/C12H7BrF2N4/c13-10-6-19-4-3-16-12(19)11(18-10)17-9-5-7(14)1-2-8(9)15/h1-6H,(H,17,18). The van der Waals surface area contributed by atoms with Gasteiger partial charge < -0.3 is 9.72 Å². The van der Waals surface area contributed by atoms with Crippen LogP contribution in [0.2, 0.25) is 0 Å². The zero-order chi connectivity index (χ0) is 13.4. The molecule has 19 heavy (non-hydrogen) atoms. The van der Waals surface area contributed by atoms with Crippen LogP contribution in [0.4, 0.5) is 20.3 Å². The lowest BCUT2D eigenvalue weighted by molar-refractivity contribution is 0.603. The lowest BCUT2D eigenvalue weighted by atomic mass is 10.3. The van der Waals surface area contributed by atoms with E-state index < -0.39 is 11.6 Å². The normalized spacial score (nSPS) is 10.9. The van der Waals surface area contributed by atoms with Crippen molar-refractivity contribution in [2.45, 2.75) is 0 Å². The van der Waals surface area contributed by atoms with Crippen molar-refractivity contribution in [3.05, 3.63) is 53.0 Å². The molecule has 0 aliphatic rings. The molecule has 0 unspecified atom stereocenters. The number of nitrogens with zero attached hydrogens (tertiary/aromatic N) is 3. The van der Waals surface area contributed by atoms with Crippen LogP contribution in [0, 0.1) is 11.6 Å². The molecular formula is C12H7BrF2N4. The largest absolute Gasteiger partial charge is 0.335 e. The Labute approximate surface area is 115 Å². The molecule has 0 spiro atoms. The van der Waals surface area contributed by atoms with Crippen LogP contribution in [0.15, 0.2) is 41.4 Å². The van der Waals surface area contributed by atoms with E-state index in [1.807, 2.05) is 0 Å². The summed E-state index contributed by atoms with van der Waals surface area (Å²) in [7, 11) is 0. The molecule has 7 heteroatoms. The molecule has 0 radical (unpaired) electrons. The Morgan fingerprint density at radius 2 is 2.11 bits per heavy atom. The van der Waals surface area contributed by atoms with Gasteiger partial charge in [0.15, 0.2) is 11.5 Å². The number of hydrogen-bond donors (Lipinski definition) is 1. The maximum Gasteiger partial charge on any atom is 0.180 e. The molecule has 0 saturated heterocycles. The van der Waals surface area contributed by atoms with Crippen molar-refractivity contribution in [2.75, 3.05) is 5.32 Å². The molecule has 1 N–H and O–H groups in total. The average molecular weight is 325 g/mol. The number of aromatic nitrogens is 3. The third-order valence-electron chi connectivity index (χ3n) is 2.53. The lowest BCUT2D eigenvalue weighted by Gasteiger charge is -2.08. The van der Waals surface area contributed by atoms with Gasteiger partial charge in [-0.1, -0.05) is 0 Å². The molecular weight excluding hydrogens is 318 g/mol. The van der Waals surface area contributed by atoms with E-state index in [0.717, 1.165) is 18.2 Å². The third kappa shape index (κ3) is 2.28. The van der Waals surface area contributed by atoms with Crippen LogP contribution < -0.4 is 5.32 Å². The van der Waals surface area contributed by atoms with E-state index in [9.17, 15) is 8.78 Å². The van der Waals surface area contributed by atoms with E-state index in [4.69, 9.17) is 0 Å². The first-order chi connectivity index (χ1) is 9.13. The lowest BCUT2D eigenvalue weighted by Crippen LogP contribution is -2.01. The van der Waals surface area contributed by atoms with Crippen LogP contribution in [0.1, 0.15) is 0 Å². The molecule has 3 rings (SSSR count). The van der Waals surface area contributed by atoms with Crippen molar-refractivity contribution in [2.24, 2.45) is 0 Å². The van der Waals surface area contributed by atoms with Gasteiger partial charge in [0.2, 0.25) is 0 Å². The Hall–Kier alpha value is -2.02. The predicted molar refractivity (Wildman–Crippen MR) is 70.3 cm³/mol. The molecule has 0 aliphatic heterocycles. The quantitative estimate of drug-likeness (QED) is 0.784. The Morgan fingerprint density at radius 1 is 1.26 bits per heavy atom. The van der Waals surface area contributed by atoms with Gasteiger partial charge in [0.25, 0.3) is 0 Å². The molecule has 0 bridgehead atoms. The molecule has 0 aliphatic carbocycles. The van der Waals surface area contributed by atoms with Crippen LogP contribution in [0.3, 0.4) is 0 Å². The maximum absolute atomic E-state index is 13.6. The summed E-state index contributed by atoms with van der Waals surface area (Å²) in [5.74, 6) is -0.755. The summed E-state index contributed by atoms with van der Waals surface area (Å²) in [5.41, 5.74) is 0.530. The average Bonchev–Trinajstić information content (AvgIpc) is 2.82. The first-order valence-corrected chi connectivity index (χ1v) is 6.14. The molecule has 96 valence electrons. The highest BCUT2D eigenvalue weighted by Gasteiger charge is 2.10. The smallest absolute Gasteiger partial charge is 0.180 e. The van der Waals surface area contributed by atoms with Crippen molar-refractivity contribution < 1.29 is 8.78 Å². The van der Waals surface area contributed by atoms with Crippen LogP contribution in [-0.4, -0.2) is 14.4 Å². The fraction of sp³-hybridized carbons (Fsp3) is 0. The van der Waals surface area contributed by atoms with Gasteiger partial charge in [0.1, 0.15) is 16.2 Å². The minimum absolute atomic E-state index is 0.00972. The monoisotopic (exact) mass is 324 g/mol. The van der Waals surface area contributed by atoms with Crippen LogP contribution in [0.5, 0.6) is 0 Å². The van der Waals surface area contributed by atoms with Gasteiger partial charge >= 0.3 is 0 Å². The second kappa shape index (κ2) is 4.58. The number of imidazole rings is 1. The molecule has 0 saturated carbocycles. The van der Waals surface area contributed by atoms with Gasteiger partial charge in [-0.05, 0) is 28.1 Å². The van der Waals surface area contributed by atoms with E-state index in [2.05, 4.69) is 31.2 Å². The van der Waals surface area contributed by atoms with Gasteiger partial charge in [0, 0.05) is 24.7 Å². The van der Waals surface area contributed by atoms with Gasteiger partial charge in [-0.25, -0.2) is 18.7 Å². The maximum atomic E-state index is 13.6. The number of hydrogen-bond acceptors (Lipinski definition) is 3. The molecule has 4 nitrogen and oxygen atoms in total. The molecule has 2 heterocycles. The number of rotatable bonds is 2. The molecule has 3 aromatic rings. The Kier molecular flexibility index (Phi) is 2.90. The van der Waals surface area contributed by atoms with Crippen LogP contribution in [-0.2, 0) is 0 Å². The number of halogens is 3. The van der Waals surface area contributed by atoms with Crippen molar-refractivity contribution in [1.82, 2.24) is 14.4 Å². The van der Waals surface area contributed by atoms with Gasteiger partial charge in [-0.3, -0.25) is 0 Å². The summed E-state index contributed by atoms with van der Waals surface area (Å²) in [6.07, 6.45) is 5.04. The SMILES string of the molecule is Fc1ccc(F)c(Nc2nc(Br)cn3ccnc23)c1. The summed E-state index contributed by atoms with van der Waals surface area (Å²) < 4.78 is 29.0. The summed E-state index contributed by atoms with van der Waals surface area (Å²) in [5, 5.41) is 2.74. The van der Waals surface area contributed by atoms with Gasteiger partial charge in [-0.15, -0.1) is 0 Å². The van der Waals surface area contributed by atoms with Crippen molar-refractivity contribution >= 4 is 33.1 Å². The number of anilines is 2. The van der Waals surface area contributed by atoms with Crippen LogP contribution >= 0.6 is 15.9 Å². The number of fused-ring (bicyclic) bond motifs is 1. The van der Waals surface area contributed by atoms with E-state index in [1.165, 1.54) is 0 Å². The number of benzene rings is 1. The Morgan fingerprint density at radius 3 is 2.95 bits per heavy atom. The third-order valence-corrected chi connectivity index (χ3v) is 2.91. The highest BCUT2D eigenvalue weighted by molar-refractivity contribution is 9.10. The fourth-order valence-corrected chi connectivity index (χ4v) is 2.10. The second-order valence-electron chi connectivity index (χ2n) is 3.82. The minimum atomic E-state index is -0.562. The van der Waals surface area contributed by atoms with Crippen molar-refractivity contribution in [3.8, 4) is 0 Å². The summed E-state index contributed by atoms with van der Waals surface area (Å²) in [4.78, 5) is 8.28. The van der Waals surface area contributed by atoms with E-state index in [0.29, 0.717) is 16.1 Å². The minimum Gasteiger partial charge on any atom is -0.335 e. The first kappa shape index (κ1) is 12.0. The van der Waals surface area contributed by atoms with Crippen molar-refractivity contribution in [3.63, 3.8) is 0 Å².